The minimum atomic E-state index is -0.535. The van der Waals surface area contributed by atoms with Gasteiger partial charge in [-0.1, -0.05) is 0 Å². The summed E-state index contributed by atoms with van der Waals surface area (Å²) in [5.41, 5.74) is 5.17. The first-order chi connectivity index (χ1) is 15.9. The Morgan fingerprint density at radius 1 is 0.647 bits per heavy atom. The highest BCUT2D eigenvalue weighted by Crippen LogP contribution is 2.21. The summed E-state index contributed by atoms with van der Waals surface area (Å²) >= 11 is 0. The predicted octanol–water partition coefficient (Wildman–Crippen LogP) is 1.97. The molecule has 0 saturated carbocycles. The van der Waals surface area contributed by atoms with Crippen molar-refractivity contribution in [1.82, 2.24) is 0 Å². The smallest absolute Gasteiger partial charge is 0.302 e. The Bertz CT molecular complexity index is 666. The zero-order valence-corrected chi connectivity index (χ0v) is 20.8. The first-order valence-corrected chi connectivity index (χ1v) is 11.4. The Hall–Kier alpha value is -2.69. The van der Waals surface area contributed by atoms with Crippen molar-refractivity contribution in [3.05, 3.63) is 0 Å². The molecule has 0 radical (unpaired) electrons. The molecule has 2 N–H and O–H groups in total. The second-order valence-electron chi connectivity index (χ2n) is 8.12. The van der Waals surface area contributed by atoms with Gasteiger partial charge in [-0.15, -0.1) is 0 Å². The molecule has 4 atom stereocenters. The van der Waals surface area contributed by atoms with E-state index in [1.807, 2.05) is 0 Å². The zero-order valence-electron chi connectivity index (χ0n) is 20.8. The molecule has 0 aromatic rings. The minimum Gasteiger partial charge on any atom is -0.463 e. The lowest BCUT2D eigenvalue weighted by Gasteiger charge is -2.25. The van der Waals surface area contributed by atoms with Crippen LogP contribution < -0.4 is 5.73 Å². The van der Waals surface area contributed by atoms with E-state index in [0.717, 1.165) is 0 Å². The molecule has 196 valence electrons. The monoisotopic (exact) mass is 489 g/mol. The van der Waals surface area contributed by atoms with E-state index in [0.29, 0.717) is 38.5 Å². The van der Waals surface area contributed by atoms with Crippen LogP contribution in [0, 0.1) is 0 Å². The van der Waals surface area contributed by atoms with Crippen molar-refractivity contribution in [2.75, 3.05) is 13.7 Å². The molecule has 0 aromatic heterocycles. The van der Waals surface area contributed by atoms with Crippen LogP contribution in [0.3, 0.4) is 0 Å². The van der Waals surface area contributed by atoms with Crippen molar-refractivity contribution in [3.8, 4) is 0 Å². The maximum Gasteiger partial charge on any atom is 0.302 e. The quantitative estimate of drug-likeness (QED) is 0.223. The standard InChI is InChI=1S/C23H39NO10/c1-15(25)31-14-22(30-5)13-21(34-18(4)28)9-6-8-19(32-16(2)26)12-20(33-17(3)27)10-7-11-23(24)29/h19-22H,6-14H2,1-5H3,(H2,24,29)/t19-,20+,21?,22?/m1/s1. The predicted molar refractivity (Wildman–Crippen MR) is 120 cm³/mol. The van der Waals surface area contributed by atoms with Crippen molar-refractivity contribution in [2.24, 2.45) is 5.73 Å². The summed E-state index contributed by atoms with van der Waals surface area (Å²) in [6.07, 6.45) is 1.02. The van der Waals surface area contributed by atoms with Gasteiger partial charge in [-0.2, -0.15) is 0 Å². The van der Waals surface area contributed by atoms with Crippen LogP contribution in [0.2, 0.25) is 0 Å². The highest BCUT2D eigenvalue weighted by molar-refractivity contribution is 5.73. The van der Waals surface area contributed by atoms with Gasteiger partial charge in [0, 0.05) is 54.1 Å². The Labute approximate surface area is 200 Å². The molecule has 34 heavy (non-hydrogen) atoms. The van der Waals surface area contributed by atoms with Gasteiger partial charge in [0.1, 0.15) is 24.9 Å². The summed E-state index contributed by atoms with van der Waals surface area (Å²) < 4.78 is 26.4. The largest absolute Gasteiger partial charge is 0.463 e. The third-order valence-corrected chi connectivity index (χ3v) is 4.86. The maximum absolute atomic E-state index is 11.6. The van der Waals surface area contributed by atoms with E-state index in [1.54, 1.807) is 0 Å². The minimum absolute atomic E-state index is 0.0367. The van der Waals surface area contributed by atoms with Crippen LogP contribution in [0.5, 0.6) is 0 Å². The van der Waals surface area contributed by atoms with Gasteiger partial charge in [0.15, 0.2) is 0 Å². The van der Waals surface area contributed by atoms with Gasteiger partial charge in [-0.3, -0.25) is 24.0 Å². The van der Waals surface area contributed by atoms with Crippen LogP contribution in [-0.4, -0.2) is 67.9 Å². The Kier molecular flexibility index (Phi) is 16.3. The van der Waals surface area contributed by atoms with E-state index in [1.165, 1.54) is 34.8 Å². The molecular formula is C23H39NO10. The highest BCUT2D eigenvalue weighted by Gasteiger charge is 2.24. The van der Waals surface area contributed by atoms with Gasteiger partial charge in [0.25, 0.3) is 0 Å². The van der Waals surface area contributed by atoms with Crippen LogP contribution in [0.4, 0.5) is 0 Å². The number of nitrogens with two attached hydrogens (primary N) is 1. The molecule has 0 saturated heterocycles. The maximum atomic E-state index is 11.6. The second-order valence-corrected chi connectivity index (χ2v) is 8.12. The van der Waals surface area contributed by atoms with E-state index in [4.69, 9.17) is 29.4 Å². The SMILES string of the molecule is COC(COC(C)=O)CC(CCC[C@H](C[C@H](CCCC(N)=O)OC(C)=O)OC(C)=O)OC(C)=O. The van der Waals surface area contributed by atoms with Gasteiger partial charge in [0.2, 0.25) is 5.91 Å². The summed E-state index contributed by atoms with van der Waals surface area (Å²) in [5, 5.41) is 0. The van der Waals surface area contributed by atoms with Gasteiger partial charge < -0.3 is 29.4 Å². The molecule has 0 bridgehead atoms. The molecule has 0 spiro atoms. The molecule has 1 amide bonds. The van der Waals surface area contributed by atoms with Gasteiger partial charge in [-0.05, 0) is 32.1 Å². The average molecular weight is 490 g/mol. The van der Waals surface area contributed by atoms with Crippen LogP contribution >= 0.6 is 0 Å². The van der Waals surface area contributed by atoms with Crippen LogP contribution in [0.15, 0.2) is 0 Å². The molecule has 0 rings (SSSR count). The van der Waals surface area contributed by atoms with E-state index in [9.17, 15) is 24.0 Å². The highest BCUT2D eigenvalue weighted by atomic mass is 16.6. The number of amides is 1. The molecule has 0 aliphatic rings. The third kappa shape index (κ3) is 17.8. The van der Waals surface area contributed by atoms with Crippen LogP contribution in [0.25, 0.3) is 0 Å². The number of ether oxygens (including phenoxy) is 5. The van der Waals surface area contributed by atoms with Crippen LogP contribution in [0.1, 0.15) is 79.1 Å². The summed E-state index contributed by atoms with van der Waals surface area (Å²) in [4.78, 5) is 56.7. The molecule has 0 fully saturated rings. The van der Waals surface area contributed by atoms with E-state index >= 15 is 0 Å². The van der Waals surface area contributed by atoms with Gasteiger partial charge in [0.05, 0.1) is 6.10 Å². The molecule has 0 heterocycles. The molecule has 11 nitrogen and oxygen atoms in total. The first kappa shape index (κ1) is 31.3. The number of methoxy groups -OCH3 is 1. The number of esters is 4. The molecule has 0 aromatic carbocycles. The Morgan fingerprint density at radius 2 is 1.06 bits per heavy atom. The number of primary amides is 1. The fourth-order valence-electron chi connectivity index (χ4n) is 3.48. The summed E-state index contributed by atoms with van der Waals surface area (Å²) in [6, 6.07) is 0. The number of rotatable bonds is 18. The molecular weight excluding hydrogens is 450 g/mol. The Morgan fingerprint density at radius 3 is 1.41 bits per heavy atom. The normalized spacial score (nSPS) is 14.3. The third-order valence-electron chi connectivity index (χ3n) is 4.86. The van der Waals surface area contributed by atoms with Crippen molar-refractivity contribution < 1.29 is 47.7 Å². The van der Waals surface area contributed by atoms with E-state index in [2.05, 4.69) is 0 Å². The van der Waals surface area contributed by atoms with Crippen molar-refractivity contribution >= 4 is 29.8 Å². The lowest BCUT2D eigenvalue weighted by molar-refractivity contribution is -0.153. The van der Waals surface area contributed by atoms with Crippen molar-refractivity contribution in [1.29, 1.82) is 0 Å². The summed E-state index contributed by atoms with van der Waals surface area (Å²) in [5.74, 6) is -2.28. The summed E-state index contributed by atoms with van der Waals surface area (Å²) in [6.45, 7) is 5.21. The lowest BCUT2D eigenvalue weighted by Crippen LogP contribution is -2.29. The first-order valence-electron chi connectivity index (χ1n) is 11.4. The molecule has 2 unspecified atom stereocenters. The lowest BCUT2D eigenvalue weighted by atomic mass is 9.99. The van der Waals surface area contributed by atoms with Crippen LogP contribution in [-0.2, 0) is 47.7 Å². The second kappa shape index (κ2) is 17.7. The number of carbonyl (C=O) groups is 5. The topological polar surface area (TPSA) is 158 Å². The van der Waals surface area contributed by atoms with E-state index in [-0.39, 0.29) is 19.4 Å². The number of hydrogen-bond acceptors (Lipinski definition) is 10. The molecule has 0 aliphatic carbocycles. The number of carbonyl (C=O) groups excluding carboxylic acids is 5. The molecule has 11 heteroatoms. The molecule has 0 aliphatic heterocycles. The van der Waals surface area contributed by atoms with E-state index < -0.39 is 54.2 Å². The zero-order chi connectivity index (χ0) is 26.1. The number of hydrogen-bond donors (Lipinski definition) is 1. The van der Waals surface area contributed by atoms with Crippen molar-refractivity contribution in [2.45, 2.75) is 103 Å². The van der Waals surface area contributed by atoms with Gasteiger partial charge in [-0.25, -0.2) is 0 Å². The van der Waals surface area contributed by atoms with Crippen molar-refractivity contribution in [3.63, 3.8) is 0 Å². The summed E-state index contributed by atoms with van der Waals surface area (Å²) in [7, 11) is 1.48. The fraction of sp³-hybridized carbons (Fsp3) is 0.783. The fourth-order valence-corrected chi connectivity index (χ4v) is 3.48. The van der Waals surface area contributed by atoms with Gasteiger partial charge >= 0.3 is 23.9 Å². The average Bonchev–Trinajstić information content (AvgIpc) is 2.68. The Balaban J connectivity index is 5.03.